The quantitative estimate of drug-likeness (QED) is 0.0986. The van der Waals surface area contributed by atoms with Crippen LogP contribution in [0.15, 0.2) is 72.8 Å². The van der Waals surface area contributed by atoms with Crippen LogP contribution < -0.4 is 42.8 Å². The molecule has 6 rings (SSSR count). The van der Waals surface area contributed by atoms with Gasteiger partial charge in [-0.25, -0.2) is 0 Å². The standard InChI is InChI=1S/C52H71N9O10/c1-3-4-5-29-71-39-23-19-35(20-24-39)34-15-17-36(18-16-34)46(64)56-40-10-7-27-55-49(67)44-30-37(54)31-61(44)51(69)42(9-6-26-53)58-47(65)41(25-14-33-12-21-38(63)22-13-33)57-50(68)43-11-8-28-60(43)52(70)45(32(2)62)59-48(40)66/h12-13,15-24,32,37,40-45,62-63H,3-11,14,25-31,53-54H2,1-2H3,(H,55,67)(H,56,64)(H,57,68)(H,58,65)(H,59,66)/t32?,37?,40-,41-,42-,43-,44-,45-/m0/s1. The van der Waals surface area contributed by atoms with Gasteiger partial charge in [0.2, 0.25) is 35.4 Å². The summed E-state index contributed by atoms with van der Waals surface area (Å²) >= 11 is 0. The summed E-state index contributed by atoms with van der Waals surface area (Å²) in [7, 11) is 0. The molecule has 7 amide bonds. The number of amides is 7. The van der Waals surface area contributed by atoms with Crippen LogP contribution in [0.4, 0.5) is 0 Å². The predicted octanol–water partition coefficient (Wildman–Crippen LogP) is 1.76. The molecule has 3 aliphatic rings. The Labute approximate surface area is 415 Å². The van der Waals surface area contributed by atoms with Crippen LogP contribution in [0.25, 0.3) is 11.1 Å². The first-order valence-electron chi connectivity index (χ1n) is 25.0. The lowest BCUT2D eigenvalue weighted by atomic mass is 10.0. The van der Waals surface area contributed by atoms with Gasteiger partial charge in [0, 0.05) is 31.2 Å². The SMILES string of the molecule is CCCCCOc1ccc(-c2ccc(C(=O)N[C@H]3CCCNC(=O)[C@@H]4CC(N)CN4C(=O)[C@H](CCCN)NC(=O)[C@H](CCc4ccc(O)cc4)NC(=O)[C@@H]4CCCN4C(=O)[C@H](C(C)O)NC3=O)cc2)cc1. The number of carbonyl (C=O) groups is 7. The normalized spacial score (nSPS) is 24.4. The molecule has 11 N–H and O–H groups in total. The van der Waals surface area contributed by atoms with Crippen LogP contribution >= 0.6 is 0 Å². The topological polar surface area (TPSA) is 288 Å². The number of benzene rings is 3. The molecule has 71 heavy (non-hydrogen) atoms. The van der Waals surface area contributed by atoms with Gasteiger partial charge in [0.05, 0.1) is 12.7 Å². The summed E-state index contributed by atoms with van der Waals surface area (Å²) in [6.45, 7) is 4.50. The molecule has 19 nitrogen and oxygen atoms in total. The summed E-state index contributed by atoms with van der Waals surface area (Å²) in [6.07, 6.45) is 3.48. The van der Waals surface area contributed by atoms with Crippen molar-refractivity contribution in [1.29, 1.82) is 0 Å². The highest BCUT2D eigenvalue weighted by molar-refractivity contribution is 6.00. The van der Waals surface area contributed by atoms with E-state index in [1.54, 1.807) is 36.4 Å². The molecule has 3 fully saturated rings. The van der Waals surface area contributed by atoms with E-state index in [2.05, 4.69) is 33.5 Å². The summed E-state index contributed by atoms with van der Waals surface area (Å²) in [4.78, 5) is 102. The number of carbonyl (C=O) groups excluding carboxylic acids is 7. The third kappa shape index (κ3) is 14.7. The van der Waals surface area contributed by atoms with Gasteiger partial charge in [0.25, 0.3) is 5.91 Å². The minimum atomic E-state index is -1.53. The van der Waals surface area contributed by atoms with E-state index in [0.717, 1.165) is 41.7 Å². The molecule has 3 aromatic rings. The molecule has 0 spiro atoms. The zero-order valence-electron chi connectivity index (χ0n) is 40.8. The number of aromatic hydroxyl groups is 1. The number of aryl methyl sites for hydroxylation is 1. The number of phenols is 1. The fourth-order valence-electron chi connectivity index (χ4n) is 9.29. The summed E-state index contributed by atoms with van der Waals surface area (Å²) < 4.78 is 5.84. The largest absolute Gasteiger partial charge is 0.508 e. The van der Waals surface area contributed by atoms with Crippen LogP contribution in [-0.2, 0) is 35.2 Å². The highest BCUT2D eigenvalue weighted by atomic mass is 16.5. The fraction of sp³-hybridized carbons (Fsp3) is 0.519. The van der Waals surface area contributed by atoms with Crippen LogP contribution in [0.3, 0.4) is 0 Å². The lowest BCUT2D eigenvalue weighted by molar-refractivity contribution is -0.144. The summed E-state index contributed by atoms with van der Waals surface area (Å²) in [5.74, 6) is -3.66. The third-order valence-corrected chi connectivity index (χ3v) is 13.3. The highest BCUT2D eigenvalue weighted by Gasteiger charge is 2.43. The molecule has 3 saturated heterocycles. The van der Waals surface area contributed by atoms with Crippen molar-refractivity contribution < 1.29 is 48.5 Å². The van der Waals surface area contributed by atoms with Gasteiger partial charge >= 0.3 is 0 Å². The van der Waals surface area contributed by atoms with E-state index in [9.17, 15) is 43.8 Å². The molecule has 0 aromatic heterocycles. The number of hydrogen-bond acceptors (Lipinski definition) is 12. The number of unbranched alkanes of at least 4 members (excludes halogenated alkanes) is 2. The van der Waals surface area contributed by atoms with Crippen LogP contribution in [0.5, 0.6) is 11.5 Å². The average molecular weight is 982 g/mol. The maximum atomic E-state index is 14.4. The van der Waals surface area contributed by atoms with E-state index in [-0.39, 0.29) is 82.4 Å². The molecule has 384 valence electrons. The second-order valence-corrected chi connectivity index (χ2v) is 18.8. The van der Waals surface area contributed by atoms with Crippen molar-refractivity contribution in [2.75, 3.05) is 32.8 Å². The zero-order valence-corrected chi connectivity index (χ0v) is 40.8. The fourth-order valence-corrected chi connectivity index (χ4v) is 9.29. The van der Waals surface area contributed by atoms with Gasteiger partial charge in [-0.15, -0.1) is 0 Å². The van der Waals surface area contributed by atoms with Crippen molar-refractivity contribution in [3.8, 4) is 22.6 Å². The van der Waals surface area contributed by atoms with Crippen molar-refractivity contribution >= 4 is 41.4 Å². The van der Waals surface area contributed by atoms with Crippen molar-refractivity contribution in [3.63, 3.8) is 0 Å². The van der Waals surface area contributed by atoms with E-state index >= 15 is 0 Å². The second kappa shape index (κ2) is 26.0. The molecule has 19 heteroatoms. The Morgan fingerprint density at radius 3 is 2.14 bits per heavy atom. The third-order valence-electron chi connectivity index (χ3n) is 13.3. The predicted molar refractivity (Wildman–Crippen MR) is 265 cm³/mol. The highest BCUT2D eigenvalue weighted by Crippen LogP contribution is 2.25. The summed E-state index contributed by atoms with van der Waals surface area (Å²) in [5, 5.41) is 34.8. The number of hydrogen-bond donors (Lipinski definition) is 9. The van der Waals surface area contributed by atoms with Crippen molar-refractivity contribution in [3.05, 3.63) is 83.9 Å². The number of aliphatic hydroxyl groups is 1. The number of phenolic OH excluding ortho intramolecular Hbond substituents is 1. The monoisotopic (exact) mass is 982 g/mol. The van der Waals surface area contributed by atoms with Gasteiger partial charge in [0.15, 0.2) is 0 Å². The van der Waals surface area contributed by atoms with E-state index < -0.39 is 89.7 Å². The first-order chi connectivity index (χ1) is 34.2. The van der Waals surface area contributed by atoms with Crippen LogP contribution in [-0.4, -0.2) is 143 Å². The molecule has 0 bridgehead atoms. The first-order valence-corrected chi connectivity index (χ1v) is 25.0. The minimum absolute atomic E-state index is 0.0101. The Morgan fingerprint density at radius 1 is 0.775 bits per heavy atom. The minimum Gasteiger partial charge on any atom is -0.508 e. The first kappa shape index (κ1) is 53.8. The molecule has 8 atom stereocenters. The number of fused-ring (bicyclic) bond motifs is 2. The Balaban J connectivity index is 1.25. The maximum absolute atomic E-state index is 14.4. The Morgan fingerprint density at radius 2 is 1.46 bits per heavy atom. The summed E-state index contributed by atoms with van der Waals surface area (Å²) in [6, 6.07) is 13.1. The van der Waals surface area contributed by atoms with Gasteiger partial charge in [-0.1, -0.05) is 56.2 Å². The van der Waals surface area contributed by atoms with E-state index in [1.807, 2.05) is 24.3 Å². The molecule has 0 aliphatic carbocycles. The Kier molecular flexibility index (Phi) is 19.7. The number of aliphatic hydroxyl groups excluding tert-OH is 1. The molecule has 3 aliphatic heterocycles. The maximum Gasteiger partial charge on any atom is 0.251 e. The van der Waals surface area contributed by atoms with E-state index in [4.69, 9.17) is 16.2 Å². The molecule has 0 radical (unpaired) electrons. The van der Waals surface area contributed by atoms with Crippen molar-refractivity contribution in [1.82, 2.24) is 36.4 Å². The molecule has 2 unspecified atom stereocenters. The van der Waals surface area contributed by atoms with Crippen LogP contribution in [0.2, 0.25) is 0 Å². The van der Waals surface area contributed by atoms with Crippen LogP contribution in [0, 0.1) is 0 Å². The number of nitrogens with zero attached hydrogens (tertiary/aromatic N) is 2. The lowest BCUT2D eigenvalue weighted by Gasteiger charge is -2.32. The van der Waals surface area contributed by atoms with Crippen molar-refractivity contribution in [2.24, 2.45) is 11.5 Å². The molecular weight excluding hydrogens is 911 g/mol. The van der Waals surface area contributed by atoms with Gasteiger partial charge < -0.3 is 62.8 Å². The second-order valence-electron chi connectivity index (χ2n) is 18.8. The lowest BCUT2D eigenvalue weighted by Crippen LogP contribution is -2.61. The Hall–Kier alpha value is -6.57. The molecular formula is C52H71N9O10. The number of rotatable bonds is 15. The van der Waals surface area contributed by atoms with Gasteiger partial charge in [-0.05, 0) is 131 Å². The molecule has 3 aromatic carbocycles. The molecule has 3 heterocycles. The zero-order chi connectivity index (χ0) is 51.0. The smallest absolute Gasteiger partial charge is 0.251 e. The van der Waals surface area contributed by atoms with Gasteiger partial charge in [0.1, 0.15) is 47.8 Å². The summed E-state index contributed by atoms with van der Waals surface area (Å²) in [5.41, 5.74) is 15.0. The van der Waals surface area contributed by atoms with E-state index in [0.29, 0.717) is 19.4 Å². The number of nitrogens with two attached hydrogens (primary N) is 2. The van der Waals surface area contributed by atoms with Gasteiger partial charge in [-0.2, -0.15) is 0 Å². The van der Waals surface area contributed by atoms with Crippen LogP contribution in [0.1, 0.15) is 100 Å². The van der Waals surface area contributed by atoms with Gasteiger partial charge in [-0.3, -0.25) is 33.6 Å². The van der Waals surface area contributed by atoms with Crippen molar-refractivity contribution in [2.45, 2.75) is 139 Å². The average Bonchev–Trinajstić information content (AvgIpc) is 4.03. The number of nitrogens with one attached hydrogen (secondary N) is 5. The van der Waals surface area contributed by atoms with E-state index in [1.165, 1.54) is 28.9 Å². The Bertz CT molecular complexity index is 2300. The molecule has 0 saturated carbocycles. The number of ether oxygens (including phenoxy) is 1.